The van der Waals surface area contributed by atoms with Crippen molar-refractivity contribution >= 4 is 65.3 Å². The molecule has 0 atom stereocenters. The fraction of sp³-hybridized carbons (Fsp3) is 0. The van der Waals surface area contributed by atoms with Crippen molar-refractivity contribution in [3.8, 4) is 34.2 Å². The molecule has 0 N–H and O–H groups in total. The summed E-state index contributed by atoms with van der Waals surface area (Å²) >= 11 is 0. The number of benzene rings is 7. The van der Waals surface area contributed by atoms with Crippen LogP contribution in [0.2, 0.25) is 0 Å². The van der Waals surface area contributed by atoms with Gasteiger partial charge in [0.25, 0.3) is 0 Å². The second-order valence-corrected chi connectivity index (χ2v) is 13.3. The minimum absolute atomic E-state index is 0.651. The molecule has 11 aromatic rings. The van der Waals surface area contributed by atoms with Gasteiger partial charge < -0.3 is 4.57 Å². The predicted octanol–water partition coefficient (Wildman–Crippen LogP) is 11.7. The van der Waals surface area contributed by atoms with Crippen molar-refractivity contribution in [3.05, 3.63) is 176 Å². The van der Waals surface area contributed by atoms with Gasteiger partial charge in [-0.05, 0) is 53.9 Å². The highest BCUT2D eigenvalue weighted by Gasteiger charge is 2.20. The van der Waals surface area contributed by atoms with Gasteiger partial charge in [0, 0.05) is 55.3 Å². The third kappa shape index (κ3) is 4.26. The fourth-order valence-corrected chi connectivity index (χ4v) is 8.00. The van der Waals surface area contributed by atoms with Crippen molar-refractivity contribution in [1.82, 2.24) is 24.1 Å². The number of hydrogen-bond donors (Lipinski definition) is 0. The van der Waals surface area contributed by atoms with Crippen LogP contribution in [0.1, 0.15) is 0 Å². The molecule has 0 aliphatic rings. The van der Waals surface area contributed by atoms with Gasteiger partial charge in [0.2, 0.25) is 0 Å². The van der Waals surface area contributed by atoms with E-state index in [1.165, 1.54) is 37.8 Å². The van der Waals surface area contributed by atoms with E-state index in [1.807, 2.05) is 42.6 Å². The van der Waals surface area contributed by atoms with Gasteiger partial charge in [-0.1, -0.05) is 121 Å². The first kappa shape index (κ1) is 28.7. The lowest BCUT2D eigenvalue weighted by Gasteiger charge is -2.12. The van der Waals surface area contributed by atoms with Crippen LogP contribution in [0.5, 0.6) is 0 Å². The van der Waals surface area contributed by atoms with Crippen molar-refractivity contribution < 1.29 is 0 Å². The highest BCUT2D eigenvalue weighted by Crippen LogP contribution is 2.41. The fourth-order valence-electron chi connectivity index (χ4n) is 8.00. The molecule has 4 heterocycles. The Balaban J connectivity index is 1.17. The molecule has 0 radical (unpaired) electrons. The molecule has 0 saturated heterocycles. The Bertz CT molecular complexity index is 3160. The van der Waals surface area contributed by atoms with E-state index in [1.54, 1.807) is 0 Å². The van der Waals surface area contributed by atoms with Crippen molar-refractivity contribution in [1.29, 1.82) is 0 Å². The number of hydrogen-bond acceptors (Lipinski definition) is 3. The minimum Gasteiger partial charge on any atom is -0.309 e. The Hall–Kier alpha value is -7.11. The number of rotatable bonds is 4. The maximum Gasteiger partial charge on any atom is 0.161 e. The molecule has 0 fully saturated rings. The average Bonchev–Trinajstić information content (AvgIpc) is 3.72. The number of fused-ring (bicyclic) bond motifs is 9. The maximum absolute atomic E-state index is 5.17. The molecule has 0 amide bonds. The van der Waals surface area contributed by atoms with E-state index in [0.29, 0.717) is 5.82 Å². The van der Waals surface area contributed by atoms with E-state index < -0.39 is 0 Å². The largest absolute Gasteiger partial charge is 0.309 e. The van der Waals surface area contributed by atoms with Gasteiger partial charge >= 0.3 is 0 Å². The molecule has 0 bridgehead atoms. The summed E-state index contributed by atoms with van der Waals surface area (Å²) in [6, 6.07) is 59.9. The third-order valence-corrected chi connectivity index (χ3v) is 10.3. The second-order valence-electron chi connectivity index (χ2n) is 13.3. The zero-order valence-electron chi connectivity index (χ0n) is 28.0. The van der Waals surface area contributed by atoms with Crippen LogP contribution in [-0.4, -0.2) is 24.1 Å². The lowest BCUT2D eigenvalue weighted by atomic mass is 10.0. The first-order chi connectivity index (χ1) is 25.8. The molecule has 0 saturated carbocycles. The highest BCUT2D eigenvalue weighted by atomic mass is 15.1. The summed E-state index contributed by atoms with van der Waals surface area (Å²) in [5, 5.41) is 8.26. The molecule has 0 unspecified atom stereocenters. The summed E-state index contributed by atoms with van der Waals surface area (Å²) in [5.74, 6) is 1.49. The summed E-state index contributed by atoms with van der Waals surface area (Å²) in [7, 11) is 0. The van der Waals surface area contributed by atoms with E-state index in [0.717, 1.165) is 55.8 Å². The van der Waals surface area contributed by atoms with Gasteiger partial charge in [-0.15, -0.1) is 0 Å². The average molecular weight is 664 g/mol. The second kappa shape index (κ2) is 11.2. The molecule has 0 aliphatic heterocycles. The molecule has 242 valence electrons. The molecule has 11 rings (SSSR count). The normalized spacial score (nSPS) is 11.8. The molecule has 52 heavy (non-hydrogen) atoms. The third-order valence-electron chi connectivity index (χ3n) is 10.3. The van der Waals surface area contributed by atoms with Crippen LogP contribution in [0.4, 0.5) is 0 Å². The van der Waals surface area contributed by atoms with Crippen LogP contribution < -0.4 is 0 Å². The van der Waals surface area contributed by atoms with Gasteiger partial charge in [0.05, 0.1) is 33.3 Å². The van der Waals surface area contributed by atoms with E-state index in [-0.39, 0.29) is 0 Å². The highest BCUT2D eigenvalue weighted by molar-refractivity contribution is 6.23. The number of nitrogens with zero attached hydrogens (tertiary/aromatic N) is 5. The van der Waals surface area contributed by atoms with Crippen LogP contribution in [0.3, 0.4) is 0 Å². The van der Waals surface area contributed by atoms with Crippen molar-refractivity contribution in [3.63, 3.8) is 0 Å². The standard InChI is InChI=1S/C47H29N5/c1-3-14-31(15-4-1)45-37-20-9-11-21-40(37)49-47(50-45)32-24-26-44(48-29-32)52-43-28-42-38(27-39(43)36-25-23-30-13-7-8-18-34(30)46(36)52)35-19-10-12-22-41(35)51(42)33-16-5-2-6-17-33/h1-29H. The number of para-hydroxylation sites is 3. The van der Waals surface area contributed by atoms with Gasteiger partial charge in [-0.2, -0.15) is 0 Å². The van der Waals surface area contributed by atoms with Gasteiger partial charge in [0.1, 0.15) is 5.82 Å². The summed E-state index contributed by atoms with van der Waals surface area (Å²) in [6.07, 6.45) is 1.91. The van der Waals surface area contributed by atoms with Gasteiger partial charge in [0.15, 0.2) is 5.82 Å². The quantitative estimate of drug-likeness (QED) is 0.188. The predicted molar refractivity (Wildman–Crippen MR) is 214 cm³/mol. The summed E-state index contributed by atoms with van der Waals surface area (Å²) in [5.41, 5.74) is 9.46. The van der Waals surface area contributed by atoms with Crippen molar-refractivity contribution in [2.45, 2.75) is 0 Å². The Labute approximate surface area is 298 Å². The Morgan fingerprint density at radius 2 is 1.10 bits per heavy atom. The lowest BCUT2D eigenvalue weighted by molar-refractivity contribution is 1.08. The zero-order chi connectivity index (χ0) is 34.2. The van der Waals surface area contributed by atoms with Crippen LogP contribution in [0, 0.1) is 0 Å². The first-order valence-corrected chi connectivity index (χ1v) is 17.5. The Morgan fingerprint density at radius 1 is 0.404 bits per heavy atom. The van der Waals surface area contributed by atoms with Crippen molar-refractivity contribution in [2.75, 3.05) is 0 Å². The van der Waals surface area contributed by atoms with Crippen LogP contribution in [-0.2, 0) is 0 Å². The summed E-state index contributed by atoms with van der Waals surface area (Å²) in [4.78, 5) is 15.3. The topological polar surface area (TPSA) is 48.5 Å². The molecule has 0 aliphatic carbocycles. The SMILES string of the molecule is c1ccc(-c2nc(-c3ccc(-n4c5cc6c(cc5c5ccc7ccccc7c54)c4ccccc4n6-c4ccccc4)nc3)nc3ccccc23)cc1. The minimum atomic E-state index is 0.651. The van der Waals surface area contributed by atoms with Gasteiger partial charge in [-0.3, -0.25) is 4.57 Å². The molecule has 4 aromatic heterocycles. The zero-order valence-corrected chi connectivity index (χ0v) is 28.0. The molecule has 5 nitrogen and oxygen atoms in total. The molecular weight excluding hydrogens is 635 g/mol. The van der Waals surface area contributed by atoms with E-state index in [9.17, 15) is 0 Å². The molecule has 0 spiro atoms. The van der Waals surface area contributed by atoms with E-state index >= 15 is 0 Å². The Morgan fingerprint density at radius 3 is 1.92 bits per heavy atom. The molecule has 5 heteroatoms. The first-order valence-electron chi connectivity index (χ1n) is 17.5. The Kier molecular flexibility index (Phi) is 6.18. The van der Waals surface area contributed by atoms with Crippen LogP contribution in [0.15, 0.2) is 176 Å². The molecule has 7 aromatic carbocycles. The monoisotopic (exact) mass is 663 g/mol. The van der Waals surface area contributed by atoms with Crippen molar-refractivity contribution in [2.24, 2.45) is 0 Å². The van der Waals surface area contributed by atoms with E-state index in [2.05, 4.69) is 143 Å². The smallest absolute Gasteiger partial charge is 0.161 e. The van der Waals surface area contributed by atoms with Crippen LogP contribution >= 0.6 is 0 Å². The summed E-state index contributed by atoms with van der Waals surface area (Å²) in [6.45, 7) is 0. The summed E-state index contributed by atoms with van der Waals surface area (Å²) < 4.78 is 4.71. The van der Waals surface area contributed by atoms with E-state index in [4.69, 9.17) is 15.0 Å². The van der Waals surface area contributed by atoms with Gasteiger partial charge in [-0.25, -0.2) is 15.0 Å². The van der Waals surface area contributed by atoms with Crippen LogP contribution in [0.25, 0.3) is 99.4 Å². The molecular formula is C47H29N5. The lowest BCUT2D eigenvalue weighted by Crippen LogP contribution is -2.00. The maximum atomic E-state index is 5.17. The number of aromatic nitrogens is 5. The number of pyridine rings is 1.